The number of carbonyl (C=O) groups is 1. The van der Waals surface area contributed by atoms with Gasteiger partial charge in [0, 0.05) is 43.1 Å². The number of carbonyl (C=O) groups excluding carboxylic acids is 1. The van der Waals surface area contributed by atoms with Gasteiger partial charge in [0.1, 0.15) is 11.3 Å². The predicted molar refractivity (Wildman–Crippen MR) is 122 cm³/mol. The highest BCUT2D eigenvalue weighted by atomic mass is 35.5. The normalized spacial score (nSPS) is 10.7. The van der Waals surface area contributed by atoms with Crippen LogP contribution >= 0.6 is 23.2 Å². The first-order valence-corrected chi connectivity index (χ1v) is 10.1. The van der Waals surface area contributed by atoms with E-state index in [-0.39, 0.29) is 11.8 Å². The quantitative estimate of drug-likeness (QED) is 0.380. The third-order valence-corrected chi connectivity index (χ3v) is 5.32. The number of pyridine rings is 1. The van der Waals surface area contributed by atoms with E-state index in [9.17, 15) is 4.79 Å². The number of nitrogens with zero attached hydrogens (tertiary/aromatic N) is 4. The molecule has 2 heterocycles. The largest absolute Gasteiger partial charge is 0.437 e. The lowest BCUT2D eigenvalue weighted by Gasteiger charge is -2.22. The first-order chi connectivity index (χ1) is 15.0. The van der Waals surface area contributed by atoms with Crippen molar-refractivity contribution in [2.45, 2.75) is 0 Å². The van der Waals surface area contributed by atoms with Crippen LogP contribution in [0.4, 0.5) is 5.69 Å². The van der Waals surface area contributed by atoms with Crippen LogP contribution in [-0.2, 0) is 7.05 Å². The number of para-hydroxylation sites is 1. The number of benzene rings is 2. The maximum Gasteiger partial charge on any atom is 0.263 e. The summed E-state index contributed by atoms with van der Waals surface area (Å²) >= 11 is 12.3. The molecule has 0 saturated carbocycles. The van der Waals surface area contributed by atoms with Gasteiger partial charge in [-0.15, -0.1) is 0 Å². The summed E-state index contributed by atoms with van der Waals surface area (Å²) in [7, 11) is 3.57. The second-order valence-corrected chi connectivity index (χ2v) is 7.60. The fraction of sp³-hybridized carbons (Fsp3) is 0.0870. The van der Waals surface area contributed by atoms with Crippen molar-refractivity contribution in [1.29, 1.82) is 0 Å². The standard InChI is InChI=1S/C23H18Cl2N4O2/c1-28(19-8-4-3-6-16(19)20-11-13-27-29(20)2)23(30)17-7-5-12-26-22(17)31-21-14-15(24)9-10-18(21)25/h3-14H,1-2H3. The van der Waals surface area contributed by atoms with Gasteiger partial charge in [-0.3, -0.25) is 9.48 Å². The van der Waals surface area contributed by atoms with Gasteiger partial charge < -0.3 is 9.64 Å². The van der Waals surface area contributed by atoms with Crippen molar-refractivity contribution in [1.82, 2.24) is 14.8 Å². The van der Waals surface area contributed by atoms with Crippen LogP contribution in [0.2, 0.25) is 10.0 Å². The number of aromatic nitrogens is 3. The van der Waals surface area contributed by atoms with E-state index < -0.39 is 0 Å². The minimum absolute atomic E-state index is 0.140. The molecule has 0 aliphatic carbocycles. The summed E-state index contributed by atoms with van der Waals surface area (Å²) in [6, 6.07) is 17.7. The highest BCUT2D eigenvalue weighted by Gasteiger charge is 2.22. The Hall–Kier alpha value is -3.35. The smallest absolute Gasteiger partial charge is 0.263 e. The first-order valence-electron chi connectivity index (χ1n) is 9.39. The van der Waals surface area contributed by atoms with Crippen molar-refractivity contribution < 1.29 is 9.53 Å². The summed E-state index contributed by atoms with van der Waals surface area (Å²) in [6.45, 7) is 0. The molecule has 0 bridgehead atoms. The Morgan fingerprint density at radius 2 is 1.84 bits per heavy atom. The zero-order chi connectivity index (χ0) is 22.0. The van der Waals surface area contributed by atoms with Gasteiger partial charge in [0.25, 0.3) is 5.91 Å². The number of amides is 1. The van der Waals surface area contributed by atoms with E-state index in [0.29, 0.717) is 21.4 Å². The Morgan fingerprint density at radius 1 is 1.03 bits per heavy atom. The van der Waals surface area contributed by atoms with Gasteiger partial charge in [-0.25, -0.2) is 4.98 Å². The molecule has 0 aliphatic heterocycles. The molecule has 0 saturated heterocycles. The van der Waals surface area contributed by atoms with Crippen LogP contribution in [0.25, 0.3) is 11.3 Å². The molecular weight excluding hydrogens is 435 g/mol. The van der Waals surface area contributed by atoms with Crippen LogP contribution in [0.3, 0.4) is 0 Å². The number of hydrogen-bond acceptors (Lipinski definition) is 4. The topological polar surface area (TPSA) is 60.3 Å². The van der Waals surface area contributed by atoms with E-state index in [1.807, 2.05) is 37.4 Å². The average Bonchev–Trinajstić information content (AvgIpc) is 3.21. The van der Waals surface area contributed by atoms with Crippen molar-refractivity contribution in [3.8, 4) is 22.9 Å². The summed E-state index contributed by atoms with van der Waals surface area (Å²) in [5.41, 5.74) is 2.79. The third kappa shape index (κ3) is 4.26. The zero-order valence-corrected chi connectivity index (χ0v) is 18.3. The molecule has 1 amide bonds. The number of ether oxygens (including phenoxy) is 1. The SMILES string of the molecule is CN(C(=O)c1cccnc1Oc1cc(Cl)ccc1Cl)c1ccccc1-c1ccnn1C. The van der Waals surface area contributed by atoms with Crippen LogP contribution in [0, 0.1) is 0 Å². The molecule has 4 aromatic rings. The highest BCUT2D eigenvalue weighted by molar-refractivity contribution is 6.34. The molecule has 0 fully saturated rings. The summed E-state index contributed by atoms with van der Waals surface area (Å²) in [5, 5.41) is 5.06. The predicted octanol–water partition coefficient (Wildman–Crippen LogP) is 5.86. The molecule has 0 spiro atoms. The number of anilines is 1. The van der Waals surface area contributed by atoms with Gasteiger partial charge in [0.2, 0.25) is 5.88 Å². The molecule has 0 unspecified atom stereocenters. The van der Waals surface area contributed by atoms with Crippen molar-refractivity contribution in [2.75, 3.05) is 11.9 Å². The fourth-order valence-electron chi connectivity index (χ4n) is 3.21. The van der Waals surface area contributed by atoms with Gasteiger partial charge in [-0.05, 0) is 36.4 Å². The second kappa shape index (κ2) is 8.79. The fourth-order valence-corrected chi connectivity index (χ4v) is 3.52. The molecule has 0 atom stereocenters. The third-order valence-electron chi connectivity index (χ3n) is 4.77. The first kappa shape index (κ1) is 20.9. The molecular formula is C23H18Cl2N4O2. The van der Waals surface area contributed by atoms with Crippen molar-refractivity contribution >= 4 is 34.8 Å². The zero-order valence-electron chi connectivity index (χ0n) is 16.8. The Balaban J connectivity index is 1.70. The van der Waals surface area contributed by atoms with E-state index >= 15 is 0 Å². The van der Waals surface area contributed by atoms with Crippen LogP contribution in [0.5, 0.6) is 11.6 Å². The van der Waals surface area contributed by atoms with Crippen LogP contribution < -0.4 is 9.64 Å². The molecule has 0 N–H and O–H groups in total. The molecule has 2 aromatic carbocycles. The number of rotatable bonds is 5. The van der Waals surface area contributed by atoms with E-state index in [2.05, 4.69) is 10.1 Å². The Labute approximate surface area is 189 Å². The number of halogens is 2. The van der Waals surface area contributed by atoms with Gasteiger partial charge >= 0.3 is 0 Å². The van der Waals surface area contributed by atoms with E-state index in [1.54, 1.807) is 59.4 Å². The van der Waals surface area contributed by atoms with Gasteiger partial charge in [0.15, 0.2) is 0 Å². The Bertz CT molecular complexity index is 1260. The lowest BCUT2D eigenvalue weighted by atomic mass is 10.1. The lowest BCUT2D eigenvalue weighted by Crippen LogP contribution is -2.27. The maximum atomic E-state index is 13.4. The second-order valence-electron chi connectivity index (χ2n) is 6.75. The van der Waals surface area contributed by atoms with E-state index in [4.69, 9.17) is 27.9 Å². The van der Waals surface area contributed by atoms with E-state index in [0.717, 1.165) is 16.9 Å². The molecule has 0 aliphatic rings. The highest BCUT2D eigenvalue weighted by Crippen LogP contribution is 2.34. The van der Waals surface area contributed by atoms with Crippen LogP contribution in [0.1, 0.15) is 10.4 Å². The van der Waals surface area contributed by atoms with Gasteiger partial charge in [-0.1, -0.05) is 41.4 Å². The van der Waals surface area contributed by atoms with Crippen LogP contribution in [-0.4, -0.2) is 27.7 Å². The van der Waals surface area contributed by atoms with E-state index in [1.165, 1.54) is 0 Å². The molecule has 156 valence electrons. The molecule has 8 heteroatoms. The van der Waals surface area contributed by atoms with Crippen molar-refractivity contribution in [2.24, 2.45) is 7.05 Å². The molecule has 6 nitrogen and oxygen atoms in total. The summed E-state index contributed by atoms with van der Waals surface area (Å²) in [4.78, 5) is 19.2. The number of aryl methyl sites for hydroxylation is 1. The Morgan fingerprint density at radius 3 is 2.61 bits per heavy atom. The molecule has 31 heavy (non-hydrogen) atoms. The molecule has 0 radical (unpaired) electrons. The molecule has 4 rings (SSSR count). The monoisotopic (exact) mass is 452 g/mol. The summed E-state index contributed by atoms with van der Waals surface area (Å²) in [5.74, 6) is 0.178. The van der Waals surface area contributed by atoms with Crippen molar-refractivity contribution in [3.05, 3.63) is 88.7 Å². The van der Waals surface area contributed by atoms with Gasteiger partial charge in [-0.2, -0.15) is 5.10 Å². The minimum atomic E-state index is -0.282. The summed E-state index contributed by atoms with van der Waals surface area (Å²) in [6.07, 6.45) is 3.27. The number of hydrogen-bond donors (Lipinski definition) is 0. The Kier molecular flexibility index (Phi) is 5.93. The maximum absolute atomic E-state index is 13.4. The average molecular weight is 453 g/mol. The lowest BCUT2D eigenvalue weighted by molar-refractivity contribution is 0.0990. The summed E-state index contributed by atoms with van der Waals surface area (Å²) < 4.78 is 7.62. The van der Waals surface area contributed by atoms with Crippen molar-refractivity contribution in [3.63, 3.8) is 0 Å². The van der Waals surface area contributed by atoms with Gasteiger partial charge in [0.05, 0.1) is 16.4 Å². The molecule has 2 aromatic heterocycles. The van der Waals surface area contributed by atoms with Crippen LogP contribution in [0.15, 0.2) is 73.1 Å². The minimum Gasteiger partial charge on any atom is -0.437 e.